The fraction of sp³-hybridized carbons (Fsp3) is 0.519. The van der Waals surface area contributed by atoms with Gasteiger partial charge in [-0.15, -0.1) is 0 Å². The van der Waals surface area contributed by atoms with Crippen molar-refractivity contribution in [2.24, 2.45) is 5.92 Å². The number of rotatable bonds is 10. The van der Waals surface area contributed by atoms with Crippen molar-refractivity contribution in [3.8, 4) is 6.07 Å². The van der Waals surface area contributed by atoms with Crippen LogP contribution in [0.4, 0.5) is 4.39 Å². The van der Waals surface area contributed by atoms with Gasteiger partial charge in [0, 0.05) is 18.2 Å². The first-order chi connectivity index (χ1) is 14.6. The number of benzene rings is 2. The zero-order valence-electron chi connectivity index (χ0n) is 18.5. The lowest BCUT2D eigenvalue weighted by atomic mass is 9.67. The lowest BCUT2D eigenvalue weighted by Gasteiger charge is -2.36. The van der Waals surface area contributed by atoms with Gasteiger partial charge in [0.25, 0.3) is 0 Å². The molecule has 1 aliphatic carbocycles. The van der Waals surface area contributed by atoms with E-state index in [1.165, 1.54) is 11.6 Å². The van der Waals surface area contributed by atoms with Crippen molar-refractivity contribution in [3.63, 3.8) is 0 Å². The van der Waals surface area contributed by atoms with E-state index in [2.05, 4.69) is 55.3 Å². The average molecular weight is 407 g/mol. The van der Waals surface area contributed by atoms with E-state index in [0.29, 0.717) is 11.6 Å². The molecule has 3 heteroatoms. The summed E-state index contributed by atoms with van der Waals surface area (Å²) in [7, 11) is 2.18. The van der Waals surface area contributed by atoms with E-state index in [9.17, 15) is 9.65 Å². The molecule has 1 aliphatic rings. The van der Waals surface area contributed by atoms with Gasteiger partial charge in [0.2, 0.25) is 0 Å². The topological polar surface area (TPSA) is 27.0 Å². The zero-order valence-corrected chi connectivity index (χ0v) is 18.5. The Balaban J connectivity index is 1.73. The van der Waals surface area contributed by atoms with E-state index >= 15 is 0 Å². The van der Waals surface area contributed by atoms with Crippen molar-refractivity contribution >= 4 is 0 Å². The SMILES string of the molecule is CCC(CCC(C#N)(c1ccccc1F)C1CCCC1)N(C)CCc1ccccc1. The Hall–Kier alpha value is -2.18. The van der Waals surface area contributed by atoms with Gasteiger partial charge in [-0.3, -0.25) is 0 Å². The molecule has 2 unspecified atom stereocenters. The maximum Gasteiger partial charge on any atom is 0.128 e. The molecule has 2 aromatic carbocycles. The molecule has 160 valence electrons. The lowest BCUT2D eigenvalue weighted by Crippen LogP contribution is -2.38. The van der Waals surface area contributed by atoms with Crippen LogP contribution in [-0.4, -0.2) is 24.5 Å². The third kappa shape index (κ3) is 5.10. The second kappa shape index (κ2) is 10.7. The minimum Gasteiger partial charge on any atom is -0.303 e. The minimum atomic E-state index is -0.713. The Morgan fingerprint density at radius 1 is 1.10 bits per heavy atom. The highest BCUT2D eigenvalue weighted by Crippen LogP contribution is 2.46. The van der Waals surface area contributed by atoms with Crippen molar-refractivity contribution in [1.29, 1.82) is 5.26 Å². The first-order valence-corrected chi connectivity index (χ1v) is 11.5. The molecular formula is C27H35FN2. The van der Waals surface area contributed by atoms with Crippen LogP contribution in [0.15, 0.2) is 54.6 Å². The molecule has 0 radical (unpaired) electrons. The van der Waals surface area contributed by atoms with Crippen LogP contribution in [0.1, 0.15) is 63.0 Å². The standard InChI is InChI=1S/C27H35FN2/c1-3-24(30(2)20-18-22-11-5-4-6-12-22)17-19-27(21-29,23-13-7-8-14-23)25-15-9-10-16-26(25)28/h4-6,9-12,15-16,23-24H,3,7-8,13-14,17-20H2,1-2H3. The van der Waals surface area contributed by atoms with Crippen LogP contribution >= 0.6 is 0 Å². The summed E-state index contributed by atoms with van der Waals surface area (Å²) in [6.07, 6.45) is 8.06. The van der Waals surface area contributed by atoms with Crippen LogP contribution < -0.4 is 0 Å². The van der Waals surface area contributed by atoms with Gasteiger partial charge in [-0.05, 0) is 63.1 Å². The van der Waals surface area contributed by atoms with Gasteiger partial charge in [0.1, 0.15) is 5.82 Å². The largest absolute Gasteiger partial charge is 0.303 e. The van der Waals surface area contributed by atoms with Gasteiger partial charge < -0.3 is 4.90 Å². The fourth-order valence-electron chi connectivity index (χ4n) is 5.27. The quantitative estimate of drug-likeness (QED) is 0.450. The van der Waals surface area contributed by atoms with E-state index in [0.717, 1.165) is 57.9 Å². The minimum absolute atomic E-state index is 0.226. The Morgan fingerprint density at radius 3 is 2.40 bits per heavy atom. The molecule has 30 heavy (non-hydrogen) atoms. The Kier molecular flexibility index (Phi) is 8.05. The smallest absolute Gasteiger partial charge is 0.128 e. The maximum atomic E-state index is 14.8. The van der Waals surface area contributed by atoms with Gasteiger partial charge in [0.05, 0.1) is 11.5 Å². The summed E-state index contributed by atoms with van der Waals surface area (Å²) in [5.74, 6) is 0.0305. The van der Waals surface area contributed by atoms with Crippen molar-refractivity contribution < 1.29 is 4.39 Å². The van der Waals surface area contributed by atoms with Gasteiger partial charge in [-0.2, -0.15) is 5.26 Å². The molecule has 0 heterocycles. The number of nitrogens with zero attached hydrogens (tertiary/aromatic N) is 2. The molecule has 1 saturated carbocycles. The Bertz CT molecular complexity index is 822. The summed E-state index contributed by atoms with van der Waals surface area (Å²) in [6, 6.07) is 20.6. The van der Waals surface area contributed by atoms with Gasteiger partial charge >= 0.3 is 0 Å². The van der Waals surface area contributed by atoms with Crippen molar-refractivity contribution in [1.82, 2.24) is 4.90 Å². The number of hydrogen-bond donors (Lipinski definition) is 0. The van der Waals surface area contributed by atoms with Gasteiger partial charge in [0.15, 0.2) is 0 Å². The average Bonchev–Trinajstić information content (AvgIpc) is 3.32. The van der Waals surface area contributed by atoms with Crippen molar-refractivity contribution in [2.75, 3.05) is 13.6 Å². The number of halogens is 1. The van der Waals surface area contributed by atoms with E-state index < -0.39 is 5.41 Å². The summed E-state index contributed by atoms with van der Waals surface area (Å²) in [6.45, 7) is 3.21. The van der Waals surface area contributed by atoms with Crippen LogP contribution in [0.5, 0.6) is 0 Å². The molecule has 1 fully saturated rings. The predicted octanol–water partition coefficient (Wildman–Crippen LogP) is 6.51. The first-order valence-electron chi connectivity index (χ1n) is 11.5. The van der Waals surface area contributed by atoms with Crippen LogP contribution in [0.25, 0.3) is 0 Å². The molecule has 0 aromatic heterocycles. The summed E-state index contributed by atoms with van der Waals surface area (Å²) in [4.78, 5) is 2.42. The third-order valence-corrected chi connectivity index (χ3v) is 7.17. The molecule has 0 amide bonds. The first kappa shape index (κ1) is 22.5. The van der Waals surface area contributed by atoms with Crippen LogP contribution in [0, 0.1) is 23.1 Å². The summed E-state index contributed by atoms with van der Waals surface area (Å²) in [5, 5.41) is 10.4. The van der Waals surface area contributed by atoms with E-state index in [1.807, 2.05) is 12.1 Å². The highest BCUT2D eigenvalue weighted by molar-refractivity contribution is 5.35. The highest BCUT2D eigenvalue weighted by atomic mass is 19.1. The van der Waals surface area contributed by atoms with Crippen LogP contribution in [0.3, 0.4) is 0 Å². The molecule has 0 aliphatic heterocycles. The fourth-order valence-corrected chi connectivity index (χ4v) is 5.27. The van der Waals surface area contributed by atoms with Crippen molar-refractivity contribution in [3.05, 3.63) is 71.5 Å². The molecule has 0 saturated heterocycles. The molecule has 3 rings (SSSR count). The van der Waals surface area contributed by atoms with Crippen molar-refractivity contribution in [2.45, 2.75) is 69.7 Å². The molecular weight excluding hydrogens is 371 g/mol. The molecule has 2 nitrogen and oxygen atoms in total. The monoisotopic (exact) mass is 406 g/mol. The molecule has 0 N–H and O–H groups in total. The lowest BCUT2D eigenvalue weighted by molar-refractivity contribution is 0.200. The summed E-state index contributed by atoms with van der Waals surface area (Å²) in [5.41, 5.74) is 1.25. The molecule has 0 spiro atoms. The zero-order chi connectivity index (χ0) is 21.4. The van der Waals surface area contributed by atoms with Gasteiger partial charge in [-0.1, -0.05) is 68.3 Å². The van der Waals surface area contributed by atoms with Gasteiger partial charge in [-0.25, -0.2) is 4.39 Å². The molecule has 2 atom stereocenters. The number of hydrogen-bond acceptors (Lipinski definition) is 2. The van der Waals surface area contributed by atoms with E-state index in [-0.39, 0.29) is 11.7 Å². The van der Waals surface area contributed by atoms with Crippen LogP contribution in [-0.2, 0) is 11.8 Å². The van der Waals surface area contributed by atoms with E-state index in [4.69, 9.17) is 0 Å². The predicted molar refractivity (Wildman–Crippen MR) is 122 cm³/mol. The molecule has 2 aromatic rings. The summed E-state index contributed by atoms with van der Waals surface area (Å²) < 4.78 is 14.8. The number of nitriles is 1. The normalized spacial score (nSPS) is 17.6. The molecule has 0 bridgehead atoms. The third-order valence-electron chi connectivity index (χ3n) is 7.17. The maximum absolute atomic E-state index is 14.8. The Labute approximate surface area is 181 Å². The van der Waals surface area contributed by atoms with E-state index in [1.54, 1.807) is 6.07 Å². The second-order valence-corrected chi connectivity index (χ2v) is 8.86. The Morgan fingerprint density at radius 2 is 1.77 bits per heavy atom. The highest BCUT2D eigenvalue weighted by Gasteiger charge is 2.43. The van der Waals surface area contributed by atoms with Crippen LogP contribution in [0.2, 0.25) is 0 Å². The summed E-state index contributed by atoms with van der Waals surface area (Å²) >= 11 is 0. The number of likely N-dealkylation sites (N-methyl/N-ethyl adjacent to an activating group) is 1. The second-order valence-electron chi connectivity index (χ2n) is 8.86.